The van der Waals surface area contributed by atoms with Gasteiger partial charge in [0.1, 0.15) is 5.52 Å². The summed E-state index contributed by atoms with van der Waals surface area (Å²) in [6.07, 6.45) is 5.92. The molecule has 2 aromatic rings. The van der Waals surface area contributed by atoms with Crippen LogP contribution in [0.15, 0.2) is 22.6 Å². The Bertz CT molecular complexity index is 642. The lowest BCUT2D eigenvalue weighted by Crippen LogP contribution is -2.36. The molecule has 5 nitrogen and oxygen atoms in total. The molecule has 1 aromatic carbocycles. The van der Waals surface area contributed by atoms with Crippen molar-refractivity contribution in [2.75, 3.05) is 5.32 Å². The molecule has 3 rings (SSSR count). The number of benzene rings is 1. The van der Waals surface area contributed by atoms with Gasteiger partial charge >= 0.3 is 5.97 Å². The van der Waals surface area contributed by atoms with Crippen molar-refractivity contribution in [1.29, 1.82) is 0 Å². The molecule has 0 atom stereocenters. The molecule has 1 heterocycles. The predicted octanol–water partition coefficient (Wildman–Crippen LogP) is 3.66. The van der Waals surface area contributed by atoms with Gasteiger partial charge in [-0.05, 0) is 38.0 Å². The van der Waals surface area contributed by atoms with Crippen LogP contribution in [0.1, 0.15) is 49.4 Å². The third-order valence-corrected chi connectivity index (χ3v) is 4.00. The fraction of sp³-hybridized carbons (Fsp3) is 0.467. The van der Waals surface area contributed by atoms with E-state index in [1.54, 1.807) is 12.1 Å². The highest BCUT2D eigenvalue weighted by Crippen LogP contribution is 2.32. The number of aromatic carboxylic acids is 1. The standard InChI is InChI=1S/C15H18N2O3/c1-15(7-3-2-4-8-15)17-14-16-11-6-5-10(13(18)19)9-12(11)20-14/h5-6,9H,2-4,7-8H2,1H3,(H,16,17)(H,18,19). The zero-order valence-electron chi connectivity index (χ0n) is 11.5. The normalized spacial score (nSPS) is 18.1. The van der Waals surface area contributed by atoms with Crippen LogP contribution < -0.4 is 5.32 Å². The van der Waals surface area contributed by atoms with Crippen molar-refractivity contribution in [3.8, 4) is 0 Å². The van der Waals surface area contributed by atoms with E-state index in [-0.39, 0.29) is 11.1 Å². The summed E-state index contributed by atoms with van der Waals surface area (Å²) >= 11 is 0. The Hall–Kier alpha value is -2.04. The van der Waals surface area contributed by atoms with Gasteiger partial charge in [0.05, 0.1) is 5.56 Å². The molecule has 1 saturated carbocycles. The van der Waals surface area contributed by atoms with Gasteiger partial charge in [-0.3, -0.25) is 0 Å². The molecule has 0 spiro atoms. The second-order valence-electron chi connectivity index (χ2n) is 5.75. The van der Waals surface area contributed by atoms with Crippen LogP contribution in [0, 0.1) is 0 Å². The molecule has 106 valence electrons. The fourth-order valence-corrected chi connectivity index (χ4v) is 2.83. The second-order valence-corrected chi connectivity index (χ2v) is 5.75. The minimum absolute atomic E-state index is 0.0226. The van der Waals surface area contributed by atoms with Crippen molar-refractivity contribution in [3.05, 3.63) is 23.8 Å². The Labute approximate surface area is 117 Å². The lowest BCUT2D eigenvalue weighted by Gasteiger charge is -2.33. The predicted molar refractivity (Wildman–Crippen MR) is 76.1 cm³/mol. The van der Waals surface area contributed by atoms with Crippen LogP contribution in [0.4, 0.5) is 6.01 Å². The quantitative estimate of drug-likeness (QED) is 0.893. The summed E-state index contributed by atoms with van der Waals surface area (Å²) in [4.78, 5) is 15.3. The SMILES string of the molecule is CC1(Nc2nc3ccc(C(=O)O)cc3o2)CCCCC1. The summed E-state index contributed by atoms with van der Waals surface area (Å²) in [6, 6.07) is 5.21. The van der Waals surface area contributed by atoms with Crippen molar-refractivity contribution in [2.45, 2.75) is 44.6 Å². The van der Waals surface area contributed by atoms with Gasteiger partial charge in [0, 0.05) is 5.54 Å². The van der Waals surface area contributed by atoms with Crippen LogP contribution in [-0.2, 0) is 0 Å². The van der Waals surface area contributed by atoms with E-state index in [1.807, 2.05) is 0 Å². The van der Waals surface area contributed by atoms with E-state index in [0.29, 0.717) is 17.1 Å². The van der Waals surface area contributed by atoms with Gasteiger partial charge in [-0.2, -0.15) is 4.98 Å². The molecule has 0 amide bonds. The number of nitrogens with one attached hydrogen (secondary N) is 1. The lowest BCUT2D eigenvalue weighted by atomic mass is 9.83. The maximum absolute atomic E-state index is 10.9. The van der Waals surface area contributed by atoms with Gasteiger partial charge in [0.15, 0.2) is 5.58 Å². The molecule has 0 aliphatic heterocycles. The van der Waals surface area contributed by atoms with E-state index in [4.69, 9.17) is 9.52 Å². The molecule has 0 bridgehead atoms. The number of carboxylic acids is 1. The molecule has 1 aliphatic carbocycles. The zero-order chi connectivity index (χ0) is 14.2. The molecule has 0 saturated heterocycles. The molecule has 1 aromatic heterocycles. The number of hydrogen-bond donors (Lipinski definition) is 2. The summed E-state index contributed by atoms with van der Waals surface area (Å²) in [7, 11) is 0. The Morgan fingerprint density at radius 3 is 2.80 bits per heavy atom. The first-order valence-corrected chi connectivity index (χ1v) is 6.98. The van der Waals surface area contributed by atoms with E-state index in [0.717, 1.165) is 12.8 Å². The van der Waals surface area contributed by atoms with Gasteiger partial charge in [0.25, 0.3) is 6.01 Å². The summed E-state index contributed by atoms with van der Waals surface area (Å²) in [5, 5.41) is 12.3. The Balaban J connectivity index is 1.87. The van der Waals surface area contributed by atoms with Gasteiger partial charge in [-0.25, -0.2) is 4.79 Å². The molecule has 1 aliphatic rings. The number of hydrogen-bond acceptors (Lipinski definition) is 4. The highest BCUT2D eigenvalue weighted by Gasteiger charge is 2.28. The van der Waals surface area contributed by atoms with Gasteiger partial charge < -0.3 is 14.8 Å². The van der Waals surface area contributed by atoms with Crippen LogP contribution in [0.5, 0.6) is 0 Å². The molecule has 1 fully saturated rings. The molecule has 0 radical (unpaired) electrons. The number of aromatic nitrogens is 1. The highest BCUT2D eigenvalue weighted by atomic mass is 16.4. The first-order chi connectivity index (χ1) is 9.56. The smallest absolute Gasteiger partial charge is 0.335 e. The molecule has 0 unspecified atom stereocenters. The molecule has 20 heavy (non-hydrogen) atoms. The van der Waals surface area contributed by atoms with E-state index >= 15 is 0 Å². The summed E-state index contributed by atoms with van der Waals surface area (Å²) in [5.41, 5.74) is 1.42. The number of fused-ring (bicyclic) bond motifs is 1. The average Bonchev–Trinajstić information content (AvgIpc) is 2.79. The van der Waals surface area contributed by atoms with Crippen molar-refractivity contribution in [2.24, 2.45) is 0 Å². The number of rotatable bonds is 3. The third kappa shape index (κ3) is 2.48. The fourth-order valence-electron chi connectivity index (χ4n) is 2.83. The van der Waals surface area contributed by atoms with Crippen LogP contribution in [0.2, 0.25) is 0 Å². The Kier molecular flexibility index (Phi) is 3.12. The molecular weight excluding hydrogens is 256 g/mol. The van der Waals surface area contributed by atoms with E-state index < -0.39 is 5.97 Å². The van der Waals surface area contributed by atoms with Gasteiger partial charge in [0.2, 0.25) is 0 Å². The lowest BCUT2D eigenvalue weighted by molar-refractivity contribution is 0.0697. The van der Waals surface area contributed by atoms with Crippen LogP contribution in [0.25, 0.3) is 11.1 Å². The maximum atomic E-state index is 10.9. The van der Waals surface area contributed by atoms with Crippen molar-refractivity contribution < 1.29 is 14.3 Å². The van der Waals surface area contributed by atoms with Gasteiger partial charge in [-0.15, -0.1) is 0 Å². The van der Waals surface area contributed by atoms with Crippen LogP contribution >= 0.6 is 0 Å². The molecule has 5 heteroatoms. The summed E-state index contributed by atoms with van der Waals surface area (Å²) < 4.78 is 5.64. The maximum Gasteiger partial charge on any atom is 0.335 e. The van der Waals surface area contributed by atoms with Crippen molar-refractivity contribution >= 4 is 23.1 Å². The number of carboxylic acid groups (broad SMARTS) is 1. The number of carbonyl (C=O) groups is 1. The van der Waals surface area contributed by atoms with Gasteiger partial charge in [-0.1, -0.05) is 19.3 Å². The number of nitrogens with zero attached hydrogens (tertiary/aromatic N) is 1. The van der Waals surface area contributed by atoms with E-state index in [1.165, 1.54) is 25.3 Å². The van der Waals surface area contributed by atoms with Crippen LogP contribution in [0.3, 0.4) is 0 Å². The Morgan fingerprint density at radius 2 is 2.10 bits per heavy atom. The van der Waals surface area contributed by atoms with Crippen LogP contribution in [-0.4, -0.2) is 21.6 Å². The van der Waals surface area contributed by atoms with Crippen molar-refractivity contribution in [1.82, 2.24) is 4.98 Å². The first kappa shape index (κ1) is 13.0. The van der Waals surface area contributed by atoms with E-state index in [2.05, 4.69) is 17.2 Å². The summed E-state index contributed by atoms with van der Waals surface area (Å²) in [6.45, 7) is 2.18. The topological polar surface area (TPSA) is 75.4 Å². The number of oxazole rings is 1. The molecule has 2 N–H and O–H groups in total. The Morgan fingerprint density at radius 1 is 1.35 bits per heavy atom. The molecular formula is C15H18N2O3. The second kappa shape index (κ2) is 4.81. The monoisotopic (exact) mass is 274 g/mol. The average molecular weight is 274 g/mol. The zero-order valence-corrected chi connectivity index (χ0v) is 11.5. The van der Waals surface area contributed by atoms with E-state index in [9.17, 15) is 4.79 Å². The minimum Gasteiger partial charge on any atom is -0.478 e. The summed E-state index contributed by atoms with van der Waals surface area (Å²) in [5.74, 6) is -0.961. The van der Waals surface area contributed by atoms with Crippen molar-refractivity contribution in [3.63, 3.8) is 0 Å². The number of anilines is 1. The first-order valence-electron chi connectivity index (χ1n) is 6.98. The third-order valence-electron chi connectivity index (χ3n) is 4.00. The minimum atomic E-state index is -0.961. The largest absolute Gasteiger partial charge is 0.478 e. The highest BCUT2D eigenvalue weighted by molar-refractivity contribution is 5.92.